The summed E-state index contributed by atoms with van der Waals surface area (Å²) < 4.78 is 0. The van der Waals surface area contributed by atoms with Gasteiger partial charge in [0.15, 0.2) is 0 Å². The first kappa shape index (κ1) is 23.5. The molecule has 9 heteroatoms. The minimum absolute atomic E-state index is 0.00212. The molecule has 0 unspecified atom stereocenters. The summed E-state index contributed by atoms with van der Waals surface area (Å²) in [5.74, 6) is 1.43. The number of anilines is 1. The molecule has 4 rings (SSSR count). The van der Waals surface area contributed by atoms with E-state index in [-0.39, 0.29) is 11.5 Å². The fraction of sp³-hybridized carbons (Fsp3) is 0.292. The first-order valence-corrected chi connectivity index (χ1v) is 13.8. The van der Waals surface area contributed by atoms with Crippen LogP contribution < -0.4 is 15.8 Å². The van der Waals surface area contributed by atoms with Crippen molar-refractivity contribution in [2.75, 3.05) is 30.3 Å². The SMILES string of the molecule is CCN(CCCNC(=O)CSCc1nc2scc(-c3cccs3)c2c(=O)[nH]1)c1ccccc1. The lowest BCUT2D eigenvalue weighted by Crippen LogP contribution is -2.30. The van der Waals surface area contributed by atoms with E-state index in [0.29, 0.717) is 29.3 Å². The van der Waals surface area contributed by atoms with Crippen molar-refractivity contribution in [2.24, 2.45) is 0 Å². The van der Waals surface area contributed by atoms with Gasteiger partial charge in [-0.05, 0) is 36.9 Å². The molecule has 3 aromatic heterocycles. The quantitative estimate of drug-likeness (QED) is 0.285. The lowest BCUT2D eigenvalue weighted by Gasteiger charge is -2.23. The van der Waals surface area contributed by atoms with Gasteiger partial charge in [-0.3, -0.25) is 9.59 Å². The smallest absolute Gasteiger partial charge is 0.260 e. The van der Waals surface area contributed by atoms with Crippen LogP contribution in [-0.4, -0.2) is 41.3 Å². The van der Waals surface area contributed by atoms with Crippen molar-refractivity contribution < 1.29 is 4.79 Å². The fourth-order valence-corrected chi connectivity index (χ4v) is 6.07. The molecule has 0 radical (unpaired) electrons. The van der Waals surface area contributed by atoms with E-state index in [1.165, 1.54) is 28.8 Å². The first-order valence-electron chi connectivity index (χ1n) is 10.8. The second-order valence-electron chi connectivity index (χ2n) is 7.43. The monoisotopic (exact) mass is 498 g/mol. The van der Waals surface area contributed by atoms with Crippen molar-refractivity contribution >= 4 is 56.2 Å². The molecule has 0 spiro atoms. The molecular weight excluding hydrogens is 472 g/mol. The average molecular weight is 499 g/mol. The Kier molecular flexibility index (Phi) is 8.20. The summed E-state index contributed by atoms with van der Waals surface area (Å²) in [6, 6.07) is 14.3. The van der Waals surface area contributed by atoms with Gasteiger partial charge in [0, 0.05) is 41.1 Å². The van der Waals surface area contributed by atoms with Crippen molar-refractivity contribution in [3.8, 4) is 10.4 Å². The second-order valence-corrected chi connectivity index (χ2v) is 10.2. The highest BCUT2D eigenvalue weighted by atomic mass is 32.2. The molecule has 2 N–H and O–H groups in total. The zero-order chi connectivity index (χ0) is 23.0. The summed E-state index contributed by atoms with van der Waals surface area (Å²) in [7, 11) is 0. The number of para-hydroxylation sites is 1. The van der Waals surface area contributed by atoms with Crippen molar-refractivity contribution in [2.45, 2.75) is 19.1 Å². The number of thioether (sulfide) groups is 1. The third-order valence-electron chi connectivity index (χ3n) is 5.18. The van der Waals surface area contributed by atoms with Crippen molar-refractivity contribution in [1.29, 1.82) is 0 Å². The molecule has 33 heavy (non-hydrogen) atoms. The zero-order valence-electron chi connectivity index (χ0n) is 18.4. The van der Waals surface area contributed by atoms with Gasteiger partial charge >= 0.3 is 0 Å². The Hall–Kier alpha value is -2.62. The molecule has 0 bridgehead atoms. The zero-order valence-corrected chi connectivity index (χ0v) is 20.8. The topological polar surface area (TPSA) is 78.1 Å². The van der Waals surface area contributed by atoms with Crippen LogP contribution in [0.15, 0.2) is 58.0 Å². The first-order chi connectivity index (χ1) is 16.2. The summed E-state index contributed by atoms with van der Waals surface area (Å²) in [6.45, 7) is 4.61. The predicted octanol–water partition coefficient (Wildman–Crippen LogP) is 4.98. The number of carbonyl (C=O) groups is 1. The number of aromatic nitrogens is 2. The van der Waals surface area contributed by atoms with E-state index in [4.69, 9.17) is 0 Å². The minimum Gasteiger partial charge on any atom is -0.372 e. The van der Waals surface area contributed by atoms with Crippen LogP contribution in [0.2, 0.25) is 0 Å². The van der Waals surface area contributed by atoms with E-state index in [0.717, 1.165) is 34.8 Å². The van der Waals surface area contributed by atoms with Crippen molar-refractivity contribution in [3.63, 3.8) is 0 Å². The number of nitrogens with one attached hydrogen (secondary N) is 2. The molecule has 6 nitrogen and oxygen atoms in total. The second kappa shape index (κ2) is 11.5. The summed E-state index contributed by atoms with van der Waals surface area (Å²) in [5, 5.41) is 7.61. The van der Waals surface area contributed by atoms with Crippen LogP contribution in [-0.2, 0) is 10.5 Å². The van der Waals surface area contributed by atoms with Gasteiger partial charge in [-0.2, -0.15) is 0 Å². The number of thiophene rings is 2. The number of carbonyl (C=O) groups excluding carboxylic acids is 1. The average Bonchev–Trinajstić information content (AvgIpc) is 3.50. The van der Waals surface area contributed by atoms with E-state index in [2.05, 4.69) is 39.2 Å². The fourth-order valence-electron chi connectivity index (χ4n) is 3.57. The normalized spacial score (nSPS) is 11.1. The molecule has 0 aliphatic heterocycles. The number of fused-ring (bicyclic) bond motifs is 1. The van der Waals surface area contributed by atoms with Gasteiger partial charge in [-0.25, -0.2) is 4.98 Å². The Morgan fingerprint density at radius 3 is 2.79 bits per heavy atom. The molecule has 0 fully saturated rings. The van der Waals surface area contributed by atoms with E-state index < -0.39 is 0 Å². The van der Waals surface area contributed by atoms with E-state index in [1.807, 2.05) is 41.1 Å². The van der Waals surface area contributed by atoms with Crippen LogP contribution in [0.1, 0.15) is 19.2 Å². The van der Waals surface area contributed by atoms with Gasteiger partial charge in [0.25, 0.3) is 5.56 Å². The van der Waals surface area contributed by atoms with Gasteiger partial charge in [-0.15, -0.1) is 34.4 Å². The van der Waals surface area contributed by atoms with Crippen LogP contribution in [0.25, 0.3) is 20.7 Å². The molecule has 4 aromatic rings. The van der Waals surface area contributed by atoms with Crippen LogP contribution in [0.4, 0.5) is 5.69 Å². The summed E-state index contributed by atoms with van der Waals surface area (Å²) in [5.41, 5.74) is 2.02. The van der Waals surface area contributed by atoms with E-state index >= 15 is 0 Å². The number of hydrogen-bond acceptors (Lipinski definition) is 7. The van der Waals surface area contributed by atoms with Gasteiger partial charge in [0.1, 0.15) is 10.7 Å². The Morgan fingerprint density at radius 2 is 2.03 bits per heavy atom. The Labute approximate surface area is 205 Å². The van der Waals surface area contributed by atoms with E-state index in [1.54, 1.807) is 11.3 Å². The highest BCUT2D eigenvalue weighted by molar-refractivity contribution is 7.99. The Morgan fingerprint density at radius 1 is 1.18 bits per heavy atom. The number of aromatic amines is 1. The van der Waals surface area contributed by atoms with Crippen LogP contribution in [0.5, 0.6) is 0 Å². The molecule has 1 amide bonds. The standard InChI is InChI=1S/C24H26N4O2S3/c1-2-28(17-8-4-3-5-9-17)12-7-11-25-21(29)16-31-15-20-26-23(30)22-18(14-33-24(22)27-20)19-10-6-13-32-19/h3-6,8-10,13-14H,2,7,11-12,15-16H2,1H3,(H,25,29)(H,26,27,30). The molecule has 1 aromatic carbocycles. The summed E-state index contributed by atoms with van der Waals surface area (Å²) >= 11 is 4.54. The number of amides is 1. The number of benzene rings is 1. The number of H-pyrrole nitrogens is 1. The molecule has 0 saturated heterocycles. The lowest BCUT2D eigenvalue weighted by atomic mass is 10.2. The van der Waals surface area contributed by atoms with Gasteiger partial charge in [0.2, 0.25) is 5.91 Å². The third-order valence-corrected chi connectivity index (χ3v) is 7.90. The van der Waals surface area contributed by atoms with Gasteiger partial charge in [0.05, 0.1) is 16.9 Å². The molecule has 0 aliphatic carbocycles. The van der Waals surface area contributed by atoms with Crippen molar-refractivity contribution in [3.05, 3.63) is 69.4 Å². The lowest BCUT2D eigenvalue weighted by molar-refractivity contribution is -0.118. The number of hydrogen-bond donors (Lipinski definition) is 2. The van der Waals surface area contributed by atoms with Crippen LogP contribution in [0, 0.1) is 0 Å². The molecular formula is C24H26N4O2S3. The summed E-state index contributed by atoms with van der Waals surface area (Å²) in [6.07, 6.45) is 0.885. The highest BCUT2D eigenvalue weighted by Gasteiger charge is 2.14. The highest BCUT2D eigenvalue weighted by Crippen LogP contribution is 2.33. The number of rotatable bonds is 11. The molecule has 0 atom stereocenters. The maximum Gasteiger partial charge on any atom is 0.260 e. The summed E-state index contributed by atoms with van der Waals surface area (Å²) in [4.78, 5) is 36.4. The third kappa shape index (κ3) is 6.04. The maximum atomic E-state index is 12.7. The van der Waals surface area contributed by atoms with Gasteiger partial charge < -0.3 is 15.2 Å². The Bertz CT molecular complexity index is 1240. The maximum absolute atomic E-state index is 12.7. The predicted molar refractivity (Wildman–Crippen MR) is 142 cm³/mol. The largest absolute Gasteiger partial charge is 0.372 e. The van der Waals surface area contributed by atoms with Crippen molar-refractivity contribution in [1.82, 2.24) is 15.3 Å². The molecule has 0 aliphatic rings. The van der Waals surface area contributed by atoms with Crippen LogP contribution >= 0.6 is 34.4 Å². The number of nitrogens with zero attached hydrogens (tertiary/aromatic N) is 2. The molecule has 3 heterocycles. The molecule has 0 saturated carbocycles. The Balaban J connectivity index is 1.22. The van der Waals surface area contributed by atoms with E-state index in [9.17, 15) is 9.59 Å². The molecule has 172 valence electrons. The minimum atomic E-state index is -0.122. The van der Waals surface area contributed by atoms with Crippen LogP contribution in [0.3, 0.4) is 0 Å². The van der Waals surface area contributed by atoms with Gasteiger partial charge in [-0.1, -0.05) is 24.3 Å².